The van der Waals surface area contributed by atoms with Gasteiger partial charge < -0.3 is 14.7 Å². The van der Waals surface area contributed by atoms with Crippen LogP contribution in [0.5, 0.6) is 0 Å². The first-order chi connectivity index (χ1) is 6.06. The van der Waals surface area contributed by atoms with Gasteiger partial charge in [-0.15, -0.1) is 0 Å². The number of methoxy groups -OCH3 is 1. The van der Waals surface area contributed by atoms with Crippen molar-refractivity contribution < 1.29 is 9.84 Å². The van der Waals surface area contributed by atoms with Crippen LogP contribution in [0, 0.1) is 5.92 Å². The molecule has 0 radical (unpaired) electrons. The molecule has 0 bridgehead atoms. The third kappa shape index (κ3) is 8.22. The number of aliphatic hydroxyl groups excluding tert-OH is 1. The van der Waals surface area contributed by atoms with Crippen molar-refractivity contribution in [3.05, 3.63) is 0 Å². The summed E-state index contributed by atoms with van der Waals surface area (Å²) < 4.78 is 4.85. The van der Waals surface area contributed by atoms with E-state index in [0.717, 1.165) is 12.5 Å². The summed E-state index contributed by atoms with van der Waals surface area (Å²) in [4.78, 5) is 2.14. The lowest BCUT2D eigenvalue weighted by atomic mass is 10.1. The second-order valence-electron chi connectivity index (χ2n) is 4.05. The van der Waals surface area contributed by atoms with Crippen LogP contribution in [0.2, 0.25) is 0 Å². The fraction of sp³-hybridized carbons (Fsp3) is 1.00. The topological polar surface area (TPSA) is 32.7 Å². The molecule has 3 nitrogen and oxygen atoms in total. The number of nitrogens with zero attached hydrogens (tertiary/aromatic N) is 1. The average molecular weight is 189 g/mol. The Morgan fingerprint density at radius 2 is 2.00 bits per heavy atom. The van der Waals surface area contributed by atoms with Crippen LogP contribution in [-0.2, 0) is 4.74 Å². The quantitative estimate of drug-likeness (QED) is 0.648. The summed E-state index contributed by atoms with van der Waals surface area (Å²) in [5, 5.41) is 9.42. The molecule has 0 heterocycles. The second-order valence-corrected chi connectivity index (χ2v) is 4.05. The number of hydrogen-bond donors (Lipinski definition) is 1. The normalized spacial score (nSPS) is 14.1. The fourth-order valence-electron chi connectivity index (χ4n) is 1.17. The van der Waals surface area contributed by atoms with E-state index in [9.17, 15) is 5.11 Å². The van der Waals surface area contributed by atoms with E-state index in [1.165, 1.54) is 6.42 Å². The summed E-state index contributed by atoms with van der Waals surface area (Å²) in [5.74, 6) is 0.724. The van der Waals surface area contributed by atoms with E-state index in [1.807, 2.05) is 7.05 Å². The summed E-state index contributed by atoms with van der Waals surface area (Å²) in [5.41, 5.74) is 0. The first-order valence-electron chi connectivity index (χ1n) is 4.91. The molecule has 0 saturated heterocycles. The van der Waals surface area contributed by atoms with E-state index in [0.29, 0.717) is 13.2 Å². The summed E-state index contributed by atoms with van der Waals surface area (Å²) in [7, 11) is 3.64. The van der Waals surface area contributed by atoms with Crippen LogP contribution in [0.1, 0.15) is 20.3 Å². The van der Waals surface area contributed by atoms with Crippen molar-refractivity contribution in [3.63, 3.8) is 0 Å². The fourth-order valence-corrected chi connectivity index (χ4v) is 1.17. The van der Waals surface area contributed by atoms with Gasteiger partial charge in [0.25, 0.3) is 0 Å². The Balaban J connectivity index is 3.43. The molecule has 1 unspecified atom stereocenters. The smallest absolute Gasteiger partial charge is 0.0899 e. The molecule has 0 aliphatic rings. The van der Waals surface area contributed by atoms with Crippen LogP contribution >= 0.6 is 0 Å². The van der Waals surface area contributed by atoms with Gasteiger partial charge in [-0.2, -0.15) is 0 Å². The van der Waals surface area contributed by atoms with Gasteiger partial charge in [0.05, 0.1) is 12.7 Å². The minimum absolute atomic E-state index is 0.359. The third-order valence-corrected chi connectivity index (χ3v) is 1.97. The molecule has 0 amide bonds. The Morgan fingerprint density at radius 3 is 2.46 bits per heavy atom. The Bertz CT molecular complexity index is 117. The Morgan fingerprint density at radius 1 is 1.38 bits per heavy atom. The number of hydrogen-bond acceptors (Lipinski definition) is 3. The van der Waals surface area contributed by atoms with Gasteiger partial charge in [0.15, 0.2) is 0 Å². The molecule has 0 aliphatic heterocycles. The lowest BCUT2D eigenvalue weighted by Gasteiger charge is -2.20. The molecule has 0 aromatic heterocycles. The Kier molecular flexibility index (Phi) is 7.23. The SMILES string of the molecule is COCC(O)CN(C)CCC(C)C. The number of ether oxygens (including phenoxy) is 1. The van der Waals surface area contributed by atoms with Crippen LogP contribution in [-0.4, -0.2) is 50.0 Å². The lowest BCUT2D eigenvalue weighted by Crippen LogP contribution is -2.32. The highest BCUT2D eigenvalue weighted by atomic mass is 16.5. The molecular weight excluding hydrogens is 166 g/mol. The van der Waals surface area contributed by atoms with E-state index in [1.54, 1.807) is 7.11 Å². The molecule has 0 aliphatic carbocycles. The van der Waals surface area contributed by atoms with E-state index in [4.69, 9.17) is 4.74 Å². The standard InChI is InChI=1S/C10H23NO2/c1-9(2)5-6-11(3)7-10(12)8-13-4/h9-10,12H,5-8H2,1-4H3. The minimum Gasteiger partial charge on any atom is -0.389 e. The van der Waals surface area contributed by atoms with Crippen LogP contribution in [0.15, 0.2) is 0 Å². The largest absolute Gasteiger partial charge is 0.389 e. The van der Waals surface area contributed by atoms with Crippen molar-refractivity contribution in [3.8, 4) is 0 Å². The first kappa shape index (κ1) is 12.9. The highest BCUT2D eigenvalue weighted by Crippen LogP contribution is 2.01. The van der Waals surface area contributed by atoms with E-state index < -0.39 is 0 Å². The van der Waals surface area contributed by atoms with Gasteiger partial charge in [0, 0.05) is 13.7 Å². The van der Waals surface area contributed by atoms with Gasteiger partial charge in [-0.1, -0.05) is 13.8 Å². The number of aliphatic hydroxyl groups is 1. The molecule has 0 spiro atoms. The van der Waals surface area contributed by atoms with Crippen molar-refractivity contribution in [1.29, 1.82) is 0 Å². The molecule has 0 saturated carbocycles. The molecule has 0 rings (SSSR count). The molecular formula is C10H23NO2. The minimum atomic E-state index is -0.359. The van der Waals surface area contributed by atoms with E-state index in [-0.39, 0.29) is 6.10 Å². The van der Waals surface area contributed by atoms with Crippen LogP contribution in [0.3, 0.4) is 0 Å². The highest BCUT2D eigenvalue weighted by Gasteiger charge is 2.07. The Labute approximate surface area is 81.7 Å². The predicted molar refractivity (Wildman–Crippen MR) is 54.8 cm³/mol. The van der Waals surface area contributed by atoms with Gasteiger partial charge in [-0.25, -0.2) is 0 Å². The maximum absolute atomic E-state index is 9.42. The van der Waals surface area contributed by atoms with E-state index in [2.05, 4.69) is 18.7 Å². The van der Waals surface area contributed by atoms with Crippen LogP contribution in [0.25, 0.3) is 0 Å². The van der Waals surface area contributed by atoms with Crippen molar-refractivity contribution in [1.82, 2.24) is 4.90 Å². The summed E-state index contributed by atoms with van der Waals surface area (Å²) >= 11 is 0. The molecule has 0 fully saturated rings. The maximum atomic E-state index is 9.42. The zero-order valence-corrected chi connectivity index (χ0v) is 9.29. The first-order valence-corrected chi connectivity index (χ1v) is 4.91. The summed E-state index contributed by atoms with van der Waals surface area (Å²) in [6.45, 7) is 6.57. The maximum Gasteiger partial charge on any atom is 0.0899 e. The van der Waals surface area contributed by atoms with Crippen LogP contribution < -0.4 is 0 Å². The predicted octanol–water partition coefficient (Wildman–Crippen LogP) is 0.972. The molecule has 80 valence electrons. The average Bonchev–Trinajstić information content (AvgIpc) is 2.01. The summed E-state index contributed by atoms with van der Waals surface area (Å²) in [6.07, 6.45) is 0.818. The van der Waals surface area contributed by atoms with Gasteiger partial charge >= 0.3 is 0 Å². The van der Waals surface area contributed by atoms with Crippen molar-refractivity contribution in [2.45, 2.75) is 26.4 Å². The van der Waals surface area contributed by atoms with Gasteiger partial charge in [0.1, 0.15) is 0 Å². The third-order valence-electron chi connectivity index (χ3n) is 1.97. The molecule has 1 N–H and O–H groups in total. The molecule has 1 atom stereocenters. The van der Waals surface area contributed by atoms with Crippen LogP contribution in [0.4, 0.5) is 0 Å². The molecule has 0 aromatic rings. The number of likely N-dealkylation sites (N-methyl/N-ethyl adjacent to an activating group) is 1. The highest BCUT2D eigenvalue weighted by molar-refractivity contribution is 4.61. The molecule has 13 heavy (non-hydrogen) atoms. The zero-order chi connectivity index (χ0) is 10.3. The molecule has 0 aromatic carbocycles. The Hall–Kier alpha value is -0.120. The van der Waals surface area contributed by atoms with Gasteiger partial charge in [-0.05, 0) is 25.9 Å². The zero-order valence-electron chi connectivity index (χ0n) is 9.29. The van der Waals surface area contributed by atoms with Crippen molar-refractivity contribution in [2.75, 3.05) is 33.9 Å². The summed E-state index contributed by atoms with van der Waals surface area (Å²) in [6, 6.07) is 0. The van der Waals surface area contributed by atoms with E-state index >= 15 is 0 Å². The van der Waals surface area contributed by atoms with Gasteiger partial charge in [-0.3, -0.25) is 0 Å². The van der Waals surface area contributed by atoms with Crippen molar-refractivity contribution in [2.24, 2.45) is 5.92 Å². The number of rotatable bonds is 7. The van der Waals surface area contributed by atoms with Crippen molar-refractivity contribution >= 4 is 0 Å². The lowest BCUT2D eigenvalue weighted by molar-refractivity contribution is 0.0425. The second kappa shape index (κ2) is 7.30. The van der Waals surface area contributed by atoms with Gasteiger partial charge in [0.2, 0.25) is 0 Å². The molecule has 3 heteroatoms. The monoisotopic (exact) mass is 189 g/mol.